The number of halogens is 1. The normalized spacial score (nSPS) is 10.9. The van der Waals surface area contributed by atoms with Gasteiger partial charge in [0.2, 0.25) is 0 Å². The van der Waals surface area contributed by atoms with Crippen molar-refractivity contribution in [1.82, 2.24) is 14.8 Å². The van der Waals surface area contributed by atoms with Crippen LogP contribution in [0.15, 0.2) is 67.0 Å². The number of benzene rings is 2. The van der Waals surface area contributed by atoms with E-state index in [2.05, 4.69) is 4.98 Å². The molecule has 0 spiro atoms. The molecule has 0 aliphatic carbocycles. The molecule has 1 N–H and O–H groups in total. The Kier molecular flexibility index (Phi) is 5.34. The predicted octanol–water partition coefficient (Wildman–Crippen LogP) is 5.06. The van der Waals surface area contributed by atoms with Gasteiger partial charge in [-0.05, 0) is 42.8 Å². The van der Waals surface area contributed by atoms with Gasteiger partial charge in [-0.2, -0.15) is 5.10 Å². The van der Waals surface area contributed by atoms with Gasteiger partial charge in [0.05, 0.1) is 24.4 Å². The van der Waals surface area contributed by atoms with Gasteiger partial charge in [-0.25, -0.2) is 4.68 Å². The minimum atomic E-state index is -0.127. The Morgan fingerprint density at radius 2 is 1.72 bits per heavy atom. The minimum Gasteiger partial charge on any atom is -0.497 e. The van der Waals surface area contributed by atoms with E-state index in [4.69, 9.17) is 21.4 Å². The summed E-state index contributed by atoms with van der Waals surface area (Å²) in [7, 11) is 1.65. The van der Waals surface area contributed by atoms with Crippen LogP contribution in [0.5, 0.6) is 5.75 Å². The van der Waals surface area contributed by atoms with E-state index in [0.717, 1.165) is 33.8 Å². The second kappa shape index (κ2) is 8.07. The molecule has 29 heavy (non-hydrogen) atoms. The second-order valence-corrected chi connectivity index (χ2v) is 7.00. The zero-order valence-corrected chi connectivity index (χ0v) is 16.9. The number of hydrogen-bond donors (Lipinski definition) is 1. The number of rotatable bonds is 5. The Morgan fingerprint density at radius 3 is 2.38 bits per heavy atom. The Morgan fingerprint density at radius 1 is 1.00 bits per heavy atom. The first-order chi connectivity index (χ1) is 14.1. The quantitative estimate of drug-likeness (QED) is 0.504. The average Bonchev–Trinajstić information content (AvgIpc) is 3.11. The summed E-state index contributed by atoms with van der Waals surface area (Å²) in [5, 5.41) is 15.3. The Balaban J connectivity index is 2.00. The van der Waals surface area contributed by atoms with E-state index in [-0.39, 0.29) is 6.61 Å². The van der Waals surface area contributed by atoms with Gasteiger partial charge in [-0.15, -0.1) is 0 Å². The largest absolute Gasteiger partial charge is 0.497 e. The van der Waals surface area contributed by atoms with Crippen molar-refractivity contribution in [3.8, 4) is 33.8 Å². The van der Waals surface area contributed by atoms with Gasteiger partial charge in [0.15, 0.2) is 0 Å². The molecule has 0 amide bonds. The van der Waals surface area contributed by atoms with Crippen molar-refractivity contribution in [2.24, 2.45) is 0 Å². The van der Waals surface area contributed by atoms with Crippen LogP contribution in [0.1, 0.15) is 11.3 Å². The molecule has 0 atom stereocenters. The van der Waals surface area contributed by atoms with Crippen molar-refractivity contribution in [2.75, 3.05) is 7.11 Å². The maximum absolute atomic E-state index is 9.84. The first-order valence-electron chi connectivity index (χ1n) is 9.17. The van der Waals surface area contributed by atoms with Crippen molar-refractivity contribution in [3.63, 3.8) is 0 Å². The van der Waals surface area contributed by atoms with E-state index in [1.165, 1.54) is 0 Å². The van der Waals surface area contributed by atoms with Crippen LogP contribution in [-0.2, 0) is 6.61 Å². The Hall–Kier alpha value is -3.15. The molecule has 5 nitrogen and oxygen atoms in total. The predicted molar refractivity (Wildman–Crippen MR) is 114 cm³/mol. The number of pyridine rings is 1. The van der Waals surface area contributed by atoms with Crippen LogP contribution in [0.25, 0.3) is 28.1 Å². The van der Waals surface area contributed by atoms with E-state index < -0.39 is 0 Å². The van der Waals surface area contributed by atoms with Crippen LogP contribution < -0.4 is 4.74 Å². The smallest absolute Gasteiger partial charge is 0.118 e. The zero-order chi connectivity index (χ0) is 20.4. The fraction of sp³-hybridized carbons (Fsp3) is 0.130. The summed E-state index contributed by atoms with van der Waals surface area (Å²) in [6.45, 7) is 1.87. The van der Waals surface area contributed by atoms with Crippen LogP contribution >= 0.6 is 11.6 Å². The molecule has 2 aromatic heterocycles. The van der Waals surface area contributed by atoms with Gasteiger partial charge in [0.25, 0.3) is 0 Å². The highest BCUT2D eigenvalue weighted by Gasteiger charge is 2.21. The summed E-state index contributed by atoms with van der Waals surface area (Å²) >= 11 is 6.51. The molecule has 4 rings (SSSR count). The lowest BCUT2D eigenvalue weighted by molar-refractivity contribution is 0.281. The third-order valence-electron chi connectivity index (χ3n) is 4.90. The fourth-order valence-electron chi connectivity index (χ4n) is 3.46. The first-order valence-corrected chi connectivity index (χ1v) is 9.55. The molecule has 0 saturated carbocycles. The van der Waals surface area contributed by atoms with Gasteiger partial charge in [-0.3, -0.25) is 4.98 Å². The summed E-state index contributed by atoms with van der Waals surface area (Å²) in [6, 6.07) is 17.2. The lowest BCUT2D eigenvalue weighted by Gasteiger charge is -2.12. The Bertz CT molecular complexity index is 1140. The number of para-hydroxylation sites is 1. The number of methoxy groups -OCH3 is 1. The van der Waals surface area contributed by atoms with E-state index in [9.17, 15) is 5.11 Å². The van der Waals surface area contributed by atoms with Gasteiger partial charge in [0, 0.05) is 34.8 Å². The van der Waals surface area contributed by atoms with Crippen LogP contribution in [0.4, 0.5) is 0 Å². The van der Waals surface area contributed by atoms with Gasteiger partial charge >= 0.3 is 0 Å². The number of aliphatic hydroxyl groups is 1. The van der Waals surface area contributed by atoms with Crippen LogP contribution in [0, 0.1) is 6.92 Å². The third kappa shape index (κ3) is 3.50. The third-order valence-corrected chi connectivity index (χ3v) is 5.21. The number of aromatic nitrogens is 3. The van der Waals surface area contributed by atoms with Crippen LogP contribution in [-0.4, -0.2) is 27.0 Å². The summed E-state index contributed by atoms with van der Waals surface area (Å²) in [6.07, 6.45) is 3.49. The molecule has 0 bridgehead atoms. The molecule has 0 fully saturated rings. The monoisotopic (exact) mass is 405 g/mol. The number of ether oxygens (including phenoxy) is 1. The molecule has 2 heterocycles. The maximum Gasteiger partial charge on any atom is 0.118 e. The topological polar surface area (TPSA) is 60.2 Å². The molecular weight excluding hydrogens is 386 g/mol. The van der Waals surface area contributed by atoms with Crippen LogP contribution in [0.3, 0.4) is 0 Å². The highest BCUT2D eigenvalue weighted by molar-refractivity contribution is 6.32. The van der Waals surface area contributed by atoms with Crippen molar-refractivity contribution in [2.45, 2.75) is 13.5 Å². The molecular formula is C23H20ClN3O2. The lowest BCUT2D eigenvalue weighted by Crippen LogP contribution is -2.04. The van der Waals surface area contributed by atoms with Crippen molar-refractivity contribution in [1.29, 1.82) is 0 Å². The molecule has 0 radical (unpaired) electrons. The minimum absolute atomic E-state index is 0.127. The van der Waals surface area contributed by atoms with Crippen molar-refractivity contribution < 1.29 is 9.84 Å². The summed E-state index contributed by atoms with van der Waals surface area (Å²) in [5.41, 5.74) is 6.09. The van der Waals surface area contributed by atoms with Gasteiger partial charge in [-0.1, -0.05) is 35.9 Å². The fourth-order valence-corrected chi connectivity index (χ4v) is 3.73. The highest BCUT2D eigenvalue weighted by atomic mass is 35.5. The highest BCUT2D eigenvalue weighted by Crippen LogP contribution is 2.37. The average molecular weight is 406 g/mol. The van der Waals surface area contributed by atoms with Gasteiger partial charge < -0.3 is 9.84 Å². The van der Waals surface area contributed by atoms with E-state index >= 15 is 0 Å². The molecule has 0 unspecified atom stereocenters. The summed E-state index contributed by atoms with van der Waals surface area (Å²) in [4.78, 5) is 4.12. The second-order valence-electron chi connectivity index (χ2n) is 6.59. The maximum atomic E-state index is 9.84. The zero-order valence-electron chi connectivity index (χ0n) is 16.1. The molecule has 0 aliphatic heterocycles. The summed E-state index contributed by atoms with van der Waals surface area (Å²) in [5.74, 6) is 0.790. The van der Waals surface area contributed by atoms with E-state index in [1.54, 1.807) is 25.6 Å². The standard InChI is InChI=1S/C23H20ClN3O2/c1-15-21(16-6-8-19(29-2)9-7-16)22(17-10-12-25-13-11-17)26-27(15)23-18(14-28)4-3-5-20(23)24/h3-13,28H,14H2,1-2H3. The SMILES string of the molecule is COc1ccc(-c2c(-c3ccncc3)nn(-c3c(Cl)cccc3CO)c2C)cc1. The first kappa shape index (κ1) is 19.2. The molecule has 2 aromatic carbocycles. The van der Waals surface area contributed by atoms with Crippen molar-refractivity contribution >= 4 is 11.6 Å². The van der Waals surface area contributed by atoms with Crippen molar-refractivity contribution in [3.05, 3.63) is 83.3 Å². The number of nitrogens with zero attached hydrogens (tertiary/aromatic N) is 3. The molecule has 6 heteroatoms. The lowest BCUT2D eigenvalue weighted by atomic mass is 9.99. The molecule has 0 aliphatic rings. The summed E-state index contributed by atoms with van der Waals surface area (Å²) < 4.78 is 7.11. The number of aliphatic hydroxyl groups excluding tert-OH is 1. The molecule has 0 saturated heterocycles. The van der Waals surface area contributed by atoms with Gasteiger partial charge in [0.1, 0.15) is 11.4 Å². The van der Waals surface area contributed by atoms with Crippen LogP contribution in [0.2, 0.25) is 5.02 Å². The number of hydrogen-bond acceptors (Lipinski definition) is 4. The molecule has 146 valence electrons. The van der Waals surface area contributed by atoms with E-state index in [0.29, 0.717) is 16.3 Å². The molecule has 4 aromatic rings. The Labute approximate surface area is 174 Å². The van der Waals surface area contributed by atoms with E-state index in [1.807, 2.05) is 60.1 Å².